The molecule has 0 aliphatic heterocycles. The molecule has 0 aliphatic carbocycles. The smallest absolute Gasteiger partial charge is 0.228 e. The largest absolute Gasteiger partial charge is 0.339 e. The van der Waals surface area contributed by atoms with E-state index in [9.17, 15) is 4.79 Å². The average molecular weight is 517 g/mol. The lowest BCUT2D eigenvalue weighted by atomic mass is 10.0. The lowest BCUT2D eigenvalue weighted by Gasteiger charge is -2.28. The monoisotopic (exact) mass is 515 g/mol. The van der Waals surface area contributed by atoms with E-state index in [2.05, 4.69) is 16.0 Å². The van der Waals surface area contributed by atoms with Crippen LogP contribution in [0, 0.1) is 0 Å². The minimum absolute atomic E-state index is 0.129. The number of amides is 1. The number of rotatable bonds is 5. The van der Waals surface area contributed by atoms with E-state index in [0.29, 0.717) is 0 Å². The summed E-state index contributed by atoms with van der Waals surface area (Å²) in [6, 6.07) is 27.4. The summed E-state index contributed by atoms with van der Waals surface area (Å²) < 4.78 is -1.83. The molecule has 33 heavy (non-hydrogen) atoms. The van der Waals surface area contributed by atoms with Crippen molar-refractivity contribution in [2.75, 3.05) is 5.32 Å². The van der Waals surface area contributed by atoms with E-state index < -0.39 is 9.96 Å². The molecular formula is C25H20Cl3N3OS. The van der Waals surface area contributed by atoms with Crippen LogP contribution >= 0.6 is 47.0 Å². The second-order valence-corrected chi connectivity index (χ2v) is 10.3. The van der Waals surface area contributed by atoms with Gasteiger partial charge in [-0.1, -0.05) is 114 Å². The van der Waals surface area contributed by atoms with Crippen molar-refractivity contribution in [2.24, 2.45) is 0 Å². The molecule has 1 amide bonds. The number of fused-ring (bicyclic) bond motifs is 2. The van der Waals surface area contributed by atoms with Gasteiger partial charge in [-0.05, 0) is 40.0 Å². The van der Waals surface area contributed by atoms with Gasteiger partial charge in [0.15, 0.2) is 5.11 Å². The first-order valence-electron chi connectivity index (χ1n) is 10.2. The minimum atomic E-state index is -1.83. The molecule has 0 aromatic heterocycles. The van der Waals surface area contributed by atoms with E-state index in [-0.39, 0.29) is 17.4 Å². The number of halogens is 3. The van der Waals surface area contributed by atoms with Crippen molar-refractivity contribution in [3.05, 3.63) is 90.5 Å². The predicted octanol–water partition coefficient (Wildman–Crippen LogP) is 6.33. The number of carbonyl (C=O) groups excluding carboxylic acids is 1. The van der Waals surface area contributed by atoms with E-state index in [1.165, 1.54) is 0 Å². The Morgan fingerprint density at radius 3 is 2.06 bits per heavy atom. The first-order valence-corrected chi connectivity index (χ1v) is 11.7. The van der Waals surface area contributed by atoms with Gasteiger partial charge in [0.25, 0.3) is 0 Å². The number of anilines is 1. The molecule has 0 saturated heterocycles. The van der Waals surface area contributed by atoms with Crippen LogP contribution in [0.25, 0.3) is 21.5 Å². The fourth-order valence-corrected chi connectivity index (χ4v) is 4.21. The van der Waals surface area contributed by atoms with Crippen molar-refractivity contribution >= 4 is 85.3 Å². The maximum Gasteiger partial charge on any atom is 0.228 e. The second-order valence-electron chi connectivity index (χ2n) is 7.48. The van der Waals surface area contributed by atoms with Gasteiger partial charge in [0.05, 0.1) is 6.42 Å². The normalized spacial score (nSPS) is 12.3. The van der Waals surface area contributed by atoms with Gasteiger partial charge < -0.3 is 16.0 Å². The fourth-order valence-electron chi connectivity index (χ4n) is 3.66. The Labute approximate surface area is 212 Å². The van der Waals surface area contributed by atoms with Gasteiger partial charge >= 0.3 is 0 Å². The first-order chi connectivity index (χ1) is 15.8. The summed E-state index contributed by atoms with van der Waals surface area (Å²) in [7, 11) is 0. The quantitative estimate of drug-likeness (QED) is 0.165. The van der Waals surface area contributed by atoms with Gasteiger partial charge in [-0.25, -0.2) is 0 Å². The maximum atomic E-state index is 12.8. The molecule has 0 aliphatic rings. The zero-order valence-electron chi connectivity index (χ0n) is 17.3. The number of alkyl halides is 3. The zero-order chi connectivity index (χ0) is 23.4. The molecule has 0 radical (unpaired) electrons. The van der Waals surface area contributed by atoms with Crippen LogP contribution < -0.4 is 16.0 Å². The third-order valence-corrected chi connectivity index (χ3v) is 6.05. The molecule has 4 nitrogen and oxygen atoms in total. The Morgan fingerprint density at radius 2 is 1.36 bits per heavy atom. The van der Waals surface area contributed by atoms with Crippen LogP contribution in [-0.2, 0) is 11.2 Å². The Morgan fingerprint density at radius 1 is 0.788 bits per heavy atom. The Bertz CT molecular complexity index is 1220. The Balaban J connectivity index is 1.47. The molecule has 1 atom stereocenters. The zero-order valence-corrected chi connectivity index (χ0v) is 20.4. The average Bonchev–Trinajstić information content (AvgIpc) is 2.78. The maximum absolute atomic E-state index is 12.8. The van der Waals surface area contributed by atoms with E-state index in [1.807, 2.05) is 84.9 Å². The van der Waals surface area contributed by atoms with Gasteiger partial charge in [-0.2, -0.15) is 0 Å². The summed E-state index contributed by atoms with van der Waals surface area (Å²) in [6.07, 6.45) is -0.913. The fraction of sp³-hybridized carbons (Fsp3) is 0.120. The summed E-state index contributed by atoms with van der Waals surface area (Å²) in [5, 5.41) is 13.1. The molecule has 0 spiro atoms. The van der Waals surface area contributed by atoms with Crippen molar-refractivity contribution < 1.29 is 4.79 Å². The van der Waals surface area contributed by atoms with Crippen molar-refractivity contribution in [1.82, 2.24) is 10.6 Å². The predicted molar refractivity (Wildman–Crippen MR) is 143 cm³/mol. The summed E-state index contributed by atoms with van der Waals surface area (Å²) in [5.41, 5.74) is 1.68. The standard InChI is InChI=1S/C25H20Cl3N3OS/c26-25(27,28)23(30-22(32)15-18-11-5-9-16-7-1-3-12-19(16)18)31-24(33)29-21-14-6-10-17-8-2-4-13-20(17)21/h1-14,23H,15H2,(H,30,32)(H2,29,31,33)/t23-/m1/s1. The molecule has 0 fully saturated rings. The summed E-state index contributed by atoms with van der Waals surface area (Å²) in [6.45, 7) is 0. The van der Waals surface area contributed by atoms with Gasteiger partial charge in [-0.15, -0.1) is 0 Å². The van der Waals surface area contributed by atoms with Gasteiger partial charge in [0, 0.05) is 11.1 Å². The number of hydrogen-bond acceptors (Lipinski definition) is 2. The van der Waals surface area contributed by atoms with E-state index >= 15 is 0 Å². The van der Waals surface area contributed by atoms with Gasteiger partial charge in [0.1, 0.15) is 6.17 Å². The molecule has 0 saturated carbocycles. The Kier molecular flexibility index (Phi) is 7.25. The summed E-state index contributed by atoms with van der Waals surface area (Å²) >= 11 is 23.9. The Hall–Kier alpha value is -2.57. The number of carbonyl (C=O) groups is 1. The topological polar surface area (TPSA) is 53.2 Å². The van der Waals surface area contributed by atoms with Crippen LogP contribution in [-0.4, -0.2) is 21.0 Å². The van der Waals surface area contributed by atoms with Crippen LogP contribution in [0.3, 0.4) is 0 Å². The first kappa shape index (κ1) is 23.6. The van der Waals surface area contributed by atoms with Crippen molar-refractivity contribution in [2.45, 2.75) is 16.4 Å². The van der Waals surface area contributed by atoms with Crippen molar-refractivity contribution in [1.29, 1.82) is 0 Å². The number of hydrogen-bond donors (Lipinski definition) is 3. The lowest BCUT2D eigenvalue weighted by Crippen LogP contribution is -2.56. The molecule has 0 bridgehead atoms. The van der Waals surface area contributed by atoms with Gasteiger partial charge in [-0.3, -0.25) is 4.79 Å². The van der Waals surface area contributed by atoms with E-state index in [0.717, 1.165) is 32.8 Å². The molecule has 0 unspecified atom stereocenters. The lowest BCUT2D eigenvalue weighted by molar-refractivity contribution is -0.121. The molecule has 4 rings (SSSR count). The van der Waals surface area contributed by atoms with Crippen LogP contribution in [0.4, 0.5) is 5.69 Å². The highest BCUT2D eigenvalue weighted by Crippen LogP contribution is 2.30. The third kappa shape index (κ3) is 5.87. The highest BCUT2D eigenvalue weighted by Gasteiger charge is 2.34. The van der Waals surface area contributed by atoms with Crippen LogP contribution in [0.2, 0.25) is 0 Å². The summed E-state index contributed by atoms with van der Waals surface area (Å²) in [5.74, 6) is -0.303. The highest BCUT2D eigenvalue weighted by molar-refractivity contribution is 7.80. The third-order valence-electron chi connectivity index (χ3n) is 5.18. The number of benzene rings is 4. The van der Waals surface area contributed by atoms with Crippen LogP contribution in [0.5, 0.6) is 0 Å². The molecule has 3 N–H and O–H groups in total. The second kappa shape index (κ2) is 10.1. The molecule has 4 aromatic rings. The van der Waals surface area contributed by atoms with E-state index in [4.69, 9.17) is 47.0 Å². The van der Waals surface area contributed by atoms with Crippen molar-refractivity contribution in [3.8, 4) is 0 Å². The highest BCUT2D eigenvalue weighted by atomic mass is 35.6. The van der Waals surface area contributed by atoms with Crippen molar-refractivity contribution in [3.63, 3.8) is 0 Å². The number of thiocarbonyl (C=S) groups is 1. The van der Waals surface area contributed by atoms with Crippen LogP contribution in [0.15, 0.2) is 84.9 Å². The van der Waals surface area contributed by atoms with E-state index in [1.54, 1.807) is 0 Å². The molecule has 0 heterocycles. The van der Waals surface area contributed by atoms with Gasteiger partial charge in [0.2, 0.25) is 9.70 Å². The molecule has 4 aromatic carbocycles. The SMILES string of the molecule is O=C(Cc1cccc2ccccc12)N[C@H](NC(=S)Nc1cccc2ccccc12)C(Cl)(Cl)Cl. The molecule has 8 heteroatoms. The molecular weight excluding hydrogens is 497 g/mol. The molecule has 168 valence electrons. The number of nitrogens with one attached hydrogen (secondary N) is 3. The minimum Gasteiger partial charge on any atom is -0.339 e. The summed E-state index contributed by atoms with van der Waals surface area (Å²) in [4.78, 5) is 12.8. The van der Waals surface area contributed by atoms with Crippen LogP contribution in [0.1, 0.15) is 5.56 Å².